The molecule has 1 saturated heterocycles. The molecule has 0 bridgehead atoms. The minimum absolute atomic E-state index is 0.0621. The van der Waals surface area contributed by atoms with Crippen molar-refractivity contribution in [1.29, 1.82) is 0 Å². The summed E-state index contributed by atoms with van der Waals surface area (Å²) in [5.41, 5.74) is 1.87. The van der Waals surface area contributed by atoms with E-state index in [9.17, 15) is 17.6 Å². The van der Waals surface area contributed by atoms with Crippen LogP contribution in [0.2, 0.25) is 5.02 Å². The lowest BCUT2D eigenvalue weighted by Crippen LogP contribution is -2.52. The molecule has 190 valence electrons. The van der Waals surface area contributed by atoms with Gasteiger partial charge in [0, 0.05) is 36.9 Å². The number of carbonyl (C=O) groups excluding carboxylic acids is 1. The summed E-state index contributed by atoms with van der Waals surface area (Å²) < 4.78 is 47.5. The fourth-order valence-electron chi connectivity index (χ4n) is 4.14. The van der Waals surface area contributed by atoms with Gasteiger partial charge < -0.3 is 14.5 Å². The number of aryl methyl sites for hydroxylation is 1. The molecular formula is C26H27ClFN3O4S. The molecule has 10 heteroatoms. The molecule has 0 aliphatic carbocycles. The van der Waals surface area contributed by atoms with Gasteiger partial charge in [-0.2, -0.15) is 0 Å². The summed E-state index contributed by atoms with van der Waals surface area (Å²) >= 11 is 6.11. The van der Waals surface area contributed by atoms with Gasteiger partial charge in [0.05, 0.1) is 12.8 Å². The average molecular weight is 532 g/mol. The molecular weight excluding hydrogens is 505 g/mol. The number of carbonyl (C=O) groups is 1. The Hall–Kier alpha value is -3.30. The Balaban J connectivity index is 1.58. The number of sulfonamides is 1. The lowest BCUT2D eigenvalue weighted by molar-refractivity contribution is -0.129. The van der Waals surface area contributed by atoms with E-state index in [1.807, 2.05) is 18.2 Å². The van der Waals surface area contributed by atoms with E-state index in [-0.39, 0.29) is 22.2 Å². The first-order valence-corrected chi connectivity index (χ1v) is 13.2. The Labute approximate surface area is 215 Å². The summed E-state index contributed by atoms with van der Waals surface area (Å²) in [6.45, 7) is 3.36. The van der Waals surface area contributed by atoms with Crippen molar-refractivity contribution in [2.45, 2.75) is 11.8 Å². The van der Waals surface area contributed by atoms with Gasteiger partial charge in [-0.25, -0.2) is 12.8 Å². The number of anilines is 2. The van der Waals surface area contributed by atoms with E-state index < -0.39 is 22.4 Å². The second-order valence-electron chi connectivity index (χ2n) is 8.49. The monoisotopic (exact) mass is 531 g/mol. The van der Waals surface area contributed by atoms with Gasteiger partial charge in [0.1, 0.15) is 23.0 Å². The van der Waals surface area contributed by atoms with Gasteiger partial charge in [-0.1, -0.05) is 23.7 Å². The van der Waals surface area contributed by atoms with Crippen LogP contribution in [0.4, 0.5) is 15.8 Å². The Kier molecular flexibility index (Phi) is 7.70. The van der Waals surface area contributed by atoms with Crippen LogP contribution in [-0.4, -0.2) is 59.1 Å². The zero-order valence-electron chi connectivity index (χ0n) is 20.0. The number of hydrogen-bond donors (Lipinski definition) is 0. The average Bonchev–Trinajstić information content (AvgIpc) is 2.88. The lowest BCUT2D eigenvalue weighted by atomic mass is 10.2. The molecule has 1 amide bonds. The van der Waals surface area contributed by atoms with Gasteiger partial charge in [-0.3, -0.25) is 9.10 Å². The van der Waals surface area contributed by atoms with Gasteiger partial charge in [-0.05, 0) is 67.1 Å². The van der Waals surface area contributed by atoms with E-state index in [4.69, 9.17) is 16.3 Å². The number of ether oxygens (including phenoxy) is 1. The van der Waals surface area contributed by atoms with Crippen molar-refractivity contribution < 1.29 is 22.3 Å². The molecule has 1 aliphatic rings. The molecule has 0 radical (unpaired) electrons. The maximum absolute atomic E-state index is 13.8. The standard InChI is InChI=1S/C26H27ClFN3O4S/c1-19-6-11-24(35-2)25(16-19)36(33,34)31(22-9-7-21(28)8-10-22)18-26(32)30-14-12-29(13-15-30)23-5-3-4-20(27)17-23/h3-11,16-17H,12-15,18H2,1-2H3. The number of amides is 1. The maximum atomic E-state index is 13.8. The SMILES string of the molecule is COc1ccc(C)cc1S(=O)(=O)N(CC(=O)N1CCN(c2cccc(Cl)c2)CC1)c1ccc(F)cc1. The van der Waals surface area contributed by atoms with Gasteiger partial charge in [-0.15, -0.1) is 0 Å². The molecule has 0 N–H and O–H groups in total. The van der Waals surface area contributed by atoms with Crippen molar-refractivity contribution in [3.63, 3.8) is 0 Å². The van der Waals surface area contributed by atoms with E-state index in [0.29, 0.717) is 31.2 Å². The van der Waals surface area contributed by atoms with Crippen molar-refractivity contribution in [3.8, 4) is 5.75 Å². The summed E-state index contributed by atoms with van der Waals surface area (Å²) in [6.07, 6.45) is 0. The highest BCUT2D eigenvalue weighted by Crippen LogP contribution is 2.31. The molecule has 36 heavy (non-hydrogen) atoms. The Morgan fingerprint density at radius 2 is 1.72 bits per heavy atom. The third-order valence-electron chi connectivity index (χ3n) is 6.09. The molecule has 0 atom stereocenters. The summed E-state index contributed by atoms with van der Waals surface area (Å²) in [4.78, 5) is 17.0. The first-order valence-electron chi connectivity index (χ1n) is 11.4. The molecule has 1 heterocycles. The van der Waals surface area contributed by atoms with Crippen LogP contribution in [0.5, 0.6) is 5.75 Å². The number of methoxy groups -OCH3 is 1. The van der Waals surface area contributed by atoms with Crippen molar-refractivity contribution in [1.82, 2.24) is 4.90 Å². The smallest absolute Gasteiger partial charge is 0.268 e. The minimum atomic E-state index is -4.21. The van der Waals surface area contributed by atoms with Crippen LogP contribution in [-0.2, 0) is 14.8 Å². The largest absolute Gasteiger partial charge is 0.495 e. The van der Waals surface area contributed by atoms with E-state index in [1.165, 1.54) is 37.4 Å². The zero-order chi connectivity index (χ0) is 25.9. The summed E-state index contributed by atoms with van der Waals surface area (Å²) in [5, 5.41) is 0.637. The van der Waals surface area contributed by atoms with Crippen LogP contribution in [0, 0.1) is 12.7 Å². The van der Waals surface area contributed by atoms with Crippen molar-refractivity contribution in [2.75, 3.05) is 49.0 Å². The van der Waals surface area contributed by atoms with E-state index in [1.54, 1.807) is 30.0 Å². The van der Waals surface area contributed by atoms with Gasteiger partial charge in [0.15, 0.2) is 0 Å². The van der Waals surface area contributed by atoms with Crippen molar-refractivity contribution in [2.24, 2.45) is 0 Å². The Bertz CT molecular complexity index is 1340. The number of nitrogens with zero attached hydrogens (tertiary/aromatic N) is 3. The molecule has 0 aromatic heterocycles. The van der Waals surface area contributed by atoms with Gasteiger partial charge in [0.25, 0.3) is 10.0 Å². The molecule has 3 aromatic carbocycles. The van der Waals surface area contributed by atoms with Crippen LogP contribution in [0.3, 0.4) is 0 Å². The molecule has 1 aliphatic heterocycles. The third-order valence-corrected chi connectivity index (χ3v) is 8.12. The number of halogens is 2. The van der Waals surface area contributed by atoms with Crippen molar-refractivity contribution in [3.05, 3.63) is 83.1 Å². The molecule has 1 fully saturated rings. The first kappa shape index (κ1) is 25.8. The highest BCUT2D eigenvalue weighted by atomic mass is 35.5. The third kappa shape index (κ3) is 5.57. The predicted octanol–water partition coefficient (Wildman–Crippen LogP) is 4.34. The first-order chi connectivity index (χ1) is 17.2. The van der Waals surface area contributed by atoms with E-state index in [2.05, 4.69) is 4.90 Å². The number of benzene rings is 3. The molecule has 3 aromatic rings. The van der Waals surface area contributed by atoms with Gasteiger partial charge in [0.2, 0.25) is 5.91 Å². The highest BCUT2D eigenvalue weighted by molar-refractivity contribution is 7.93. The van der Waals surface area contributed by atoms with Crippen LogP contribution < -0.4 is 13.9 Å². The van der Waals surface area contributed by atoms with Crippen LogP contribution in [0.25, 0.3) is 0 Å². The fourth-order valence-corrected chi connectivity index (χ4v) is 5.98. The normalized spacial score (nSPS) is 14.0. The zero-order valence-corrected chi connectivity index (χ0v) is 21.6. The van der Waals surface area contributed by atoms with Crippen LogP contribution >= 0.6 is 11.6 Å². The number of piperazine rings is 1. The highest BCUT2D eigenvalue weighted by Gasteiger charge is 2.32. The second-order valence-corrected chi connectivity index (χ2v) is 10.8. The van der Waals surface area contributed by atoms with Crippen LogP contribution in [0.1, 0.15) is 5.56 Å². The topological polar surface area (TPSA) is 70.2 Å². The predicted molar refractivity (Wildman–Crippen MR) is 139 cm³/mol. The number of hydrogen-bond acceptors (Lipinski definition) is 5. The summed E-state index contributed by atoms with van der Waals surface area (Å²) in [5.74, 6) is -0.691. The van der Waals surface area contributed by atoms with Gasteiger partial charge >= 0.3 is 0 Å². The van der Waals surface area contributed by atoms with Crippen molar-refractivity contribution >= 4 is 38.9 Å². The minimum Gasteiger partial charge on any atom is -0.495 e. The van der Waals surface area contributed by atoms with E-state index >= 15 is 0 Å². The lowest BCUT2D eigenvalue weighted by Gasteiger charge is -2.37. The van der Waals surface area contributed by atoms with Crippen LogP contribution in [0.15, 0.2) is 71.6 Å². The summed E-state index contributed by atoms with van der Waals surface area (Å²) in [6, 6.07) is 17.3. The molecule has 4 rings (SSSR count). The number of rotatable bonds is 7. The second kappa shape index (κ2) is 10.8. The maximum Gasteiger partial charge on any atom is 0.268 e. The van der Waals surface area contributed by atoms with E-state index in [0.717, 1.165) is 15.6 Å². The molecule has 7 nitrogen and oxygen atoms in total. The fraction of sp³-hybridized carbons (Fsp3) is 0.269. The molecule has 0 saturated carbocycles. The summed E-state index contributed by atoms with van der Waals surface area (Å²) in [7, 11) is -2.83. The quantitative estimate of drug-likeness (QED) is 0.453. The molecule has 0 spiro atoms. The Morgan fingerprint density at radius 3 is 2.36 bits per heavy atom. The Morgan fingerprint density at radius 1 is 1.03 bits per heavy atom. The molecule has 0 unspecified atom stereocenters.